The van der Waals surface area contributed by atoms with Crippen LogP contribution in [0.3, 0.4) is 0 Å². The molecule has 0 radical (unpaired) electrons. The van der Waals surface area contributed by atoms with Crippen LogP contribution in [0.1, 0.15) is 0 Å². The van der Waals surface area contributed by atoms with E-state index in [1.54, 1.807) is 12.4 Å². The van der Waals surface area contributed by atoms with Gasteiger partial charge >= 0.3 is 0 Å². The third kappa shape index (κ3) is 9.52. The van der Waals surface area contributed by atoms with Crippen molar-refractivity contribution in [1.82, 2.24) is 19.9 Å². The predicted molar refractivity (Wildman–Crippen MR) is 422 cm³/mol. The molecule has 0 N–H and O–H groups in total. The molecule has 0 bridgehead atoms. The van der Waals surface area contributed by atoms with Crippen LogP contribution in [0.25, 0.3) is 209 Å². The molecule has 100 heavy (non-hydrogen) atoms. The van der Waals surface area contributed by atoms with Gasteiger partial charge in [0.2, 0.25) is 0 Å². The molecule has 0 atom stereocenters. The van der Waals surface area contributed by atoms with Gasteiger partial charge in [0.25, 0.3) is 0 Å². The summed E-state index contributed by atoms with van der Waals surface area (Å²) in [5, 5.41) is 19.1. The molecule has 0 aliphatic heterocycles. The Morgan fingerprint density at radius 1 is 0.170 bits per heavy atom. The zero-order valence-corrected chi connectivity index (χ0v) is 54.3. The number of hydrogen-bond donors (Lipinski definition) is 0. The third-order valence-corrected chi connectivity index (χ3v) is 20.6. The number of hydrogen-bond acceptors (Lipinski definition) is 4. The van der Waals surface area contributed by atoms with Gasteiger partial charge in [-0.15, -0.1) is 0 Å². The molecule has 20 aromatic rings. The molecule has 0 fully saturated rings. The number of rotatable bonds is 9. The van der Waals surface area contributed by atoms with Crippen molar-refractivity contribution < 1.29 is 0 Å². The van der Waals surface area contributed by atoms with Crippen molar-refractivity contribution in [3.63, 3.8) is 0 Å². The van der Waals surface area contributed by atoms with E-state index in [0.29, 0.717) is 0 Å². The smallest absolute Gasteiger partial charge is 0.0973 e. The van der Waals surface area contributed by atoms with E-state index >= 15 is 0 Å². The molecule has 20 rings (SSSR count). The Hall–Kier alpha value is -13.3. The fraction of sp³-hybridized carbons (Fsp3) is 0. The summed E-state index contributed by atoms with van der Waals surface area (Å²) in [5.74, 6) is 0. The summed E-state index contributed by atoms with van der Waals surface area (Å²) in [6, 6.07) is 125. The Balaban J connectivity index is 0.777. The molecule has 0 saturated carbocycles. The molecule has 2 heterocycles. The predicted octanol–water partition coefficient (Wildman–Crippen LogP) is 25.8. The molecule has 18 aromatic carbocycles. The topological polar surface area (TPSA) is 51.6 Å². The number of nitrogens with zero attached hydrogens (tertiary/aromatic N) is 4. The number of fused-ring (bicyclic) bond motifs is 10. The lowest BCUT2D eigenvalue weighted by molar-refractivity contribution is 1.29. The van der Waals surface area contributed by atoms with E-state index in [1.807, 2.05) is 6.07 Å². The van der Waals surface area contributed by atoms with E-state index in [9.17, 15) is 0 Å². The largest absolute Gasteiger partial charge is 0.253 e. The van der Waals surface area contributed by atoms with Gasteiger partial charge in [-0.1, -0.05) is 279 Å². The van der Waals surface area contributed by atoms with Crippen molar-refractivity contribution in [2.24, 2.45) is 0 Å². The highest BCUT2D eigenvalue weighted by molar-refractivity contribution is 6.25. The molecular weight excluding hydrogens is 1210 g/mol. The summed E-state index contributed by atoms with van der Waals surface area (Å²) >= 11 is 0. The quantitative estimate of drug-likeness (QED) is 0.135. The summed E-state index contributed by atoms with van der Waals surface area (Å²) in [7, 11) is 0. The molecule has 0 saturated heterocycles. The monoisotopic (exact) mass is 1270 g/mol. The van der Waals surface area contributed by atoms with E-state index in [-0.39, 0.29) is 0 Å². The van der Waals surface area contributed by atoms with Gasteiger partial charge in [-0.2, -0.15) is 0 Å². The van der Waals surface area contributed by atoms with Crippen molar-refractivity contribution in [2.45, 2.75) is 0 Å². The van der Waals surface area contributed by atoms with Crippen molar-refractivity contribution in [1.29, 1.82) is 0 Å². The second kappa shape index (κ2) is 23.2. The van der Waals surface area contributed by atoms with Crippen LogP contribution in [0.5, 0.6) is 0 Å². The first-order valence-corrected chi connectivity index (χ1v) is 34.2. The van der Waals surface area contributed by atoms with Crippen LogP contribution in [0.4, 0.5) is 0 Å². The molecule has 2 aromatic heterocycles. The maximum absolute atomic E-state index is 5.80. The Labute approximate surface area is 577 Å². The SMILES string of the molecule is c1ccc(-c2nc3c(-c4ccc5c(-c6ccc7ccccc7c6)c6ccccc6c(-c6ccc7ccccc7c6)c5c4)cccc3nc2-c2cccc(-c3ccc4c(-c5ccc6ccccc6c5)c5cc(-c6cccc7nccnc67)ccc5c(-c5ccc6ccccc6c5)c4c3)c2)cc1. The van der Waals surface area contributed by atoms with Gasteiger partial charge in [0.15, 0.2) is 0 Å². The Bertz CT molecular complexity index is 6790. The summed E-state index contributed by atoms with van der Waals surface area (Å²) < 4.78 is 0. The van der Waals surface area contributed by atoms with Crippen molar-refractivity contribution in [3.8, 4) is 100 Å². The summed E-state index contributed by atoms with van der Waals surface area (Å²) in [5.41, 5.74) is 22.9. The number of para-hydroxylation sites is 2. The Morgan fingerprint density at radius 3 is 1.03 bits per heavy atom. The summed E-state index contributed by atoms with van der Waals surface area (Å²) in [6.45, 7) is 0. The molecule has 0 unspecified atom stereocenters. The van der Waals surface area contributed by atoms with Crippen LogP contribution in [0.15, 0.2) is 352 Å². The van der Waals surface area contributed by atoms with Gasteiger partial charge in [0, 0.05) is 34.6 Å². The van der Waals surface area contributed by atoms with Gasteiger partial charge in [0.05, 0.1) is 33.5 Å². The Kier molecular flexibility index (Phi) is 13.2. The van der Waals surface area contributed by atoms with Crippen molar-refractivity contribution in [3.05, 3.63) is 352 Å². The third-order valence-electron chi connectivity index (χ3n) is 20.6. The minimum absolute atomic E-state index is 0.816. The van der Waals surface area contributed by atoms with E-state index in [0.717, 1.165) is 99.9 Å². The molecule has 0 aliphatic carbocycles. The van der Waals surface area contributed by atoms with Crippen LogP contribution in [-0.2, 0) is 0 Å². The van der Waals surface area contributed by atoms with E-state index in [1.165, 1.54) is 109 Å². The zero-order valence-electron chi connectivity index (χ0n) is 54.3. The lowest BCUT2D eigenvalue weighted by Crippen LogP contribution is -1.98. The van der Waals surface area contributed by atoms with Crippen LogP contribution in [0.2, 0.25) is 0 Å². The van der Waals surface area contributed by atoms with E-state index < -0.39 is 0 Å². The maximum Gasteiger partial charge on any atom is 0.0973 e. The fourth-order valence-corrected chi connectivity index (χ4v) is 15.9. The molecule has 0 aliphatic rings. The van der Waals surface area contributed by atoms with Crippen molar-refractivity contribution in [2.75, 3.05) is 0 Å². The van der Waals surface area contributed by atoms with E-state index in [4.69, 9.17) is 19.9 Å². The minimum Gasteiger partial charge on any atom is -0.253 e. The highest BCUT2D eigenvalue weighted by Crippen LogP contribution is 2.50. The van der Waals surface area contributed by atoms with Gasteiger partial charge < -0.3 is 0 Å². The van der Waals surface area contributed by atoms with Crippen LogP contribution in [0, 0.1) is 0 Å². The molecule has 0 amide bonds. The highest BCUT2D eigenvalue weighted by Gasteiger charge is 2.24. The van der Waals surface area contributed by atoms with Gasteiger partial charge in [0.1, 0.15) is 0 Å². The number of aromatic nitrogens is 4. The Morgan fingerprint density at radius 2 is 0.520 bits per heavy atom. The van der Waals surface area contributed by atoms with Gasteiger partial charge in [-0.25, -0.2) is 9.97 Å². The summed E-state index contributed by atoms with van der Waals surface area (Å²) in [4.78, 5) is 21.1. The maximum atomic E-state index is 5.80. The summed E-state index contributed by atoms with van der Waals surface area (Å²) in [6.07, 6.45) is 3.56. The second-order valence-electron chi connectivity index (χ2n) is 26.3. The molecule has 4 nitrogen and oxygen atoms in total. The fourth-order valence-electron chi connectivity index (χ4n) is 15.9. The lowest BCUT2D eigenvalue weighted by Gasteiger charge is -2.20. The van der Waals surface area contributed by atoms with E-state index in [2.05, 4.69) is 334 Å². The standard InChI is InChI=1S/C96H58N4/c1-2-21-63(22-3-1)93-94(99-88-34-16-32-78(96(88)100-93)71-45-47-81-85(58-71)90(73-40-36-60-18-5-9-24-65(60)52-73)80-30-13-12-29-79(80)89(81)72-39-35-59-17-4-8-23-64(59)51-72)76-28-14-27-68(55-76)69-43-46-82-84(56-69)91(74-41-37-61-19-6-10-25-66(61)53-74)83-48-44-70(77-31-15-33-87-95(77)98-50-49-97-87)57-86(83)92(82)75-42-38-62-20-7-11-26-67(62)54-75/h1-58H. The average Bonchev–Trinajstić information content (AvgIpc) is 0.731. The van der Waals surface area contributed by atoms with Crippen molar-refractivity contribution >= 4 is 108 Å². The highest BCUT2D eigenvalue weighted by atomic mass is 14.8. The number of benzene rings is 18. The lowest BCUT2D eigenvalue weighted by atomic mass is 9.83. The molecule has 462 valence electrons. The second-order valence-corrected chi connectivity index (χ2v) is 26.3. The first kappa shape index (κ1) is 57.0. The minimum atomic E-state index is 0.816. The first-order valence-electron chi connectivity index (χ1n) is 34.2. The molecule has 0 spiro atoms. The first-order chi connectivity index (χ1) is 49.5. The van der Waals surface area contributed by atoms with Crippen LogP contribution < -0.4 is 0 Å². The van der Waals surface area contributed by atoms with Crippen LogP contribution in [-0.4, -0.2) is 19.9 Å². The average molecular weight is 1270 g/mol. The van der Waals surface area contributed by atoms with Gasteiger partial charge in [-0.05, 0) is 214 Å². The molecule has 4 heteroatoms. The zero-order chi connectivity index (χ0) is 65.8. The van der Waals surface area contributed by atoms with Gasteiger partial charge in [-0.3, -0.25) is 9.97 Å². The molecular formula is C96H58N4. The van der Waals surface area contributed by atoms with Crippen LogP contribution >= 0.6 is 0 Å². The normalized spacial score (nSPS) is 11.8.